The van der Waals surface area contributed by atoms with Gasteiger partial charge in [0.1, 0.15) is 0 Å². The zero-order chi connectivity index (χ0) is 17.7. The quantitative estimate of drug-likeness (QED) is 0.772. The third kappa shape index (κ3) is 4.87. The molecule has 0 radical (unpaired) electrons. The minimum Gasteiger partial charge on any atom is -0.308 e. The molecule has 0 bridgehead atoms. The second kappa shape index (κ2) is 7.88. The lowest BCUT2D eigenvalue weighted by Gasteiger charge is -2.10. The molecule has 0 saturated heterocycles. The summed E-state index contributed by atoms with van der Waals surface area (Å²) in [6.07, 6.45) is 0.548. The number of rotatable bonds is 5. The molecule has 2 aromatic rings. The first-order chi connectivity index (χ1) is 11.3. The number of urea groups is 1. The maximum Gasteiger partial charge on any atom is 0.323 e. The van der Waals surface area contributed by atoms with Crippen LogP contribution in [-0.2, 0) is 9.84 Å². The summed E-state index contributed by atoms with van der Waals surface area (Å²) in [5.74, 6) is 0.0926. The van der Waals surface area contributed by atoms with Crippen LogP contribution in [0.15, 0.2) is 47.4 Å². The Balaban J connectivity index is 2.04. The molecule has 0 aliphatic heterocycles. The van der Waals surface area contributed by atoms with Gasteiger partial charge in [-0.05, 0) is 48.9 Å². The number of carbonyl (C=O) groups is 1. The van der Waals surface area contributed by atoms with Gasteiger partial charge in [0, 0.05) is 10.7 Å². The Morgan fingerprint density at radius 1 is 1.04 bits per heavy atom. The highest BCUT2D eigenvalue weighted by Gasteiger charge is 2.13. The van der Waals surface area contributed by atoms with Gasteiger partial charge < -0.3 is 10.6 Å². The molecule has 0 atom stereocenters. The summed E-state index contributed by atoms with van der Waals surface area (Å²) in [6.45, 7) is 1.81. The van der Waals surface area contributed by atoms with Crippen molar-refractivity contribution in [2.75, 3.05) is 16.4 Å². The molecule has 0 spiro atoms. The summed E-state index contributed by atoms with van der Waals surface area (Å²) in [5.41, 5.74) is 0.883. The molecule has 2 aromatic carbocycles. The first kappa shape index (κ1) is 18.6. The van der Waals surface area contributed by atoms with Crippen LogP contribution in [0.3, 0.4) is 0 Å². The van der Waals surface area contributed by atoms with Gasteiger partial charge in [0.25, 0.3) is 0 Å². The first-order valence-corrected chi connectivity index (χ1v) is 9.58. The summed E-state index contributed by atoms with van der Waals surface area (Å²) in [4.78, 5) is 12.2. The van der Waals surface area contributed by atoms with Gasteiger partial charge in [0.05, 0.1) is 21.4 Å². The summed E-state index contributed by atoms with van der Waals surface area (Å²) in [6, 6.07) is 10.2. The van der Waals surface area contributed by atoms with Gasteiger partial charge >= 0.3 is 6.03 Å². The van der Waals surface area contributed by atoms with E-state index in [1.165, 1.54) is 30.3 Å². The van der Waals surface area contributed by atoms with Crippen LogP contribution in [0.4, 0.5) is 16.2 Å². The number of amides is 2. The number of halogens is 2. The van der Waals surface area contributed by atoms with Crippen LogP contribution in [0.1, 0.15) is 13.3 Å². The molecule has 0 aromatic heterocycles. The van der Waals surface area contributed by atoms with E-state index in [1.54, 1.807) is 19.1 Å². The molecule has 0 fully saturated rings. The number of nitrogens with one attached hydrogen (secondary N) is 2. The Morgan fingerprint density at radius 2 is 1.71 bits per heavy atom. The Kier molecular flexibility index (Phi) is 6.10. The third-order valence-corrected chi connectivity index (χ3v) is 5.61. The van der Waals surface area contributed by atoms with Gasteiger partial charge in [0.2, 0.25) is 0 Å². The maximum atomic E-state index is 12.0. The van der Waals surface area contributed by atoms with E-state index in [0.717, 1.165) is 0 Å². The minimum absolute atomic E-state index is 0.0926. The monoisotopic (exact) mass is 386 g/mol. The van der Waals surface area contributed by atoms with Crippen LogP contribution in [0, 0.1) is 0 Å². The topological polar surface area (TPSA) is 75.3 Å². The summed E-state index contributed by atoms with van der Waals surface area (Å²) in [7, 11) is -3.27. The Labute approximate surface area is 150 Å². The van der Waals surface area contributed by atoms with Gasteiger partial charge in [-0.25, -0.2) is 13.2 Å². The van der Waals surface area contributed by atoms with E-state index in [4.69, 9.17) is 23.2 Å². The number of benzene rings is 2. The predicted octanol–water partition coefficient (Wildman–Crippen LogP) is 4.82. The van der Waals surface area contributed by atoms with Crippen molar-refractivity contribution in [1.29, 1.82) is 0 Å². The van der Waals surface area contributed by atoms with E-state index in [2.05, 4.69) is 10.6 Å². The summed E-state index contributed by atoms with van der Waals surface area (Å²) in [5, 5.41) is 5.98. The number of carbonyl (C=O) groups excluding carboxylic acids is 1. The molecular weight excluding hydrogens is 371 g/mol. The fourth-order valence-electron chi connectivity index (χ4n) is 2.01. The molecule has 2 amide bonds. The van der Waals surface area contributed by atoms with Gasteiger partial charge in [-0.15, -0.1) is 0 Å². The molecule has 8 heteroatoms. The first-order valence-electron chi connectivity index (χ1n) is 7.17. The van der Waals surface area contributed by atoms with E-state index in [1.807, 2.05) is 0 Å². The van der Waals surface area contributed by atoms with Crippen LogP contribution in [0.5, 0.6) is 0 Å². The van der Waals surface area contributed by atoms with Crippen molar-refractivity contribution in [3.8, 4) is 0 Å². The number of hydrogen-bond donors (Lipinski definition) is 2. The SMILES string of the molecule is CCCS(=O)(=O)c1ccc(NC(=O)Nc2ccc(Cl)cc2Cl)cc1. The number of hydrogen-bond acceptors (Lipinski definition) is 3. The standard InChI is InChI=1S/C16H16Cl2N2O3S/c1-2-9-24(22,23)13-6-4-12(5-7-13)19-16(21)20-15-8-3-11(17)10-14(15)18/h3-8,10H,2,9H2,1H3,(H2,19,20,21). The second-order valence-electron chi connectivity index (χ2n) is 5.05. The highest BCUT2D eigenvalue weighted by atomic mass is 35.5. The highest BCUT2D eigenvalue weighted by Crippen LogP contribution is 2.25. The Bertz CT molecular complexity index is 837. The van der Waals surface area contributed by atoms with Gasteiger partial charge in [-0.1, -0.05) is 30.1 Å². The molecule has 24 heavy (non-hydrogen) atoms. The van der Waals surface area contributed by atoms with E-state index >= 15 is 0 Å². The molecule has 0 heterocycles. The van der Waals surface area contributed by atoms with Crippen LogP contribution in [-0.4, -0.2) is 20.2 Å². The van der Waals surface area contributed by atoms with E-state index in [9.17, 15) is 13.2 Å². The van der Waals surface area contributed by atoms with Gasteiger partial charge in [0.15, 0.2) is 9.84 Å². The largest absolute Gasteiger partial charge is 0.323 e. The molecule has 0 aliphatic carbocycles. The summed E-state index contributed by atoms with van der Waals surface area (Å²) >= 11 is 11.8. The van der Waals surface area contributed by atoms with Crippen LogP contribution < -0.4 is 10.6 Å². The van der Waals surface area contributed by atoms with E-state index < -0.39 is 15.9 Å². The predicted molar refractivity (Wildman–Crippen MR) is 97.9 cm³/mol. The van der Waals surface area contributed by atoms with Crippen molar-refractivity contribution in [2.24, 2.45) is 0 Å². The van der Waals surface area contributed by atoms with Crippen molar-refractivity contribution < 1.29 is 13.2 Å². The average Bonchev–Trinajstić information content (AvgIpc) is 2.50. The van der Waals surface area contributed by atoms with E-state index in [0.29, 0.717) is 27.8 Å². The zero-order valence-corrected chi connectivity index (χ0v) is 15.2. The molecule has 0 aliphatic rings. The van der Waals surface area contributed by atoms with Crippen molar-refractivity contribution in [3.63, 3.8) is 0 Å². The van der Waals surface area contributed by atoms with Crippen molar-refractivity contribution in [3.05, 3.63) is 52.5 Å². The molecule has 128 valence electrons. The zero-order valence-electron chi connectivity index (χ0n) is 12.8. The van der Waals surface area contributed by atoms with Crippen molar-refractivity contribution in [1.82, 2.24) is 0 Å². The van der Waals surface area contributed by atoms with Crippen LogP contribution in [0.2, 0.25) is 10.0 Å². The Hall–Kier alpha value is -1.76. The van der Waals surface area contributed by atoms with Crippen LogP contribution in [0.25, 0.3) is 0 Å². The van der Waals surface area contributed by atoms with Crippen molar-refractivity contribution >= 4 is 50.4 Å². The maximum absolute atomic E-state index is 12.0. The van der Waals surface area contributed by atoms with Gasteiger partial charge in [-0.2, -0.15) is 0 Å². The molecule has 0 saturated carbocycles. The lowest BCUT2D eigenvalue weighted by Crippen LogP contribution is -2.19. The number of anilines is 2. The van der Waals surface area contributed by atoms with Crippen molar-refractivity contribution in [2.45, 2.75) is 18.2 Å². The van der Waals surface area contributed by atoms with Gasteiger partial charge in [-0.3, -0.25) is 0 Å². The smallest absolute Gasteiger partial charge is 0.308 e. The van der Waals surface area contributed by atoms with Crippen LogP contribution >= 0.6 is 23.2 Å². The molecule has 5 nitrogen and oxygen atoms in total. The van der Waals surface area contributed by atoms with E-state index in [-0.39, 0.29) is 10.6 Å². The third-order valence-electron chi connectivity index (χ3n) is 3.12. The summed E-state index contributed by atoms with van der Waals surface area (Å²) < 4.78 is 23.9. The fourth-order valence-corrected chi connectivity index (χ4v) is 3.79. The number of sulfone groups is 1. The average molecular weight is 387 g/mol. The lowest BCUT2D eigenvalue weighted by atomic mass is 10.3. The Morgan fingerprint density at radius 3 is 2.29 bits per heavy atom. The molecular formula is C16H16Cl2N2O3S. The minimum atomic E-state index is -3.27. The lowest BCUT2D eigenvalue weighted by molar-refractivity contribution is 0.262. The normalized spacial score (nSPS) is 11.1. The second-order valence-corrected chi connectivity index (χ2v) is 8.00. The molecule has 2 rings (SSSR count). The fraction of sp³-hybridized carbons (Fsp3) is 0.188. The molecule has 0 unspecified atom stereocenters. The molecule has 2 N–H and O–H groups in total. The highest BCUT2D eigenvalue weighted by molar-refractivity contribution is 7.91.